The van der Waals surface area contributed by atoms with Gasteiger partial charge in [0, 0.05) is 10.9 Å². The highest BCUT2D eigenvalue weighted by atomic mass is 32.2. The molecule has 2 N–H and O–H groups in total. The minimum Gasteiger partial charge on any atom is -0.349 e. The highest BCUT2D eigenvalue weighted by molar-refractivity contribution is 8.15. The van der Waals surface area contributed by atoms with E-state index in [0.717, 1.165) is 35.7 Å². The normalized spacial score (nSPS) is 25.9. The van der Waals surface area contributed by atoms with Gasteiger partial charge in [-0.2, -0.15) is 0 Å². The van der Waals surface area contributed by atoms with Crippen molar-refractivity contribution in [1.82, 2.24) is 5.32 Å². The molecule has 1 saturated heterocycles. The van der Waals surface area contributed by atoms with Gasteiger partial charge < -0.3 is 10.6 Å². The fourth-order valence-electron chi connectivity index (χ4n) is 4.58. The van der Waals surface area contributed by atoms with Crippen LogP contribution >= 0.6 is 11.8 Å². The van der Waals surface area contributed by atoms with Crippen molar-refractivity contribution < 1.29 is 13.2 Å². The lowest BCUT2D eigenvalue weighted by molar-refractivity contribution is -0.121. The Labute approximate surface area is 186 Å². The number of aryl methyl sites for hydroxylation is 1. The maximum absolute atomic E-state index is 12.6. The number of amidine groups is 1. The largest absolute Gasteiger partial charge is 0.349 e. The number of sulfone groups is 1. The van der Waals surface area contributed by atoms with Gasteiger partial charge in [-0.25, -0.2) is 8.42 Å². The Balaban J connectivity index is 1.17. The van der Waals surface area contributed by atoms with E-state index >= 15 is 0 Å². The highest BCUT2D eigenvalue weighted by Crippen LogP contribution is 2.34. The molecule has 6 nitrogen and oxygen atoms in total. The van der Waals surface area contributed by atoms with E-state index in [1.165, 1.54) is 22.9 Å². The lowest BCUT2D eigenvalue weighted by atomic mass is 9.87. The minimum absolute atomic E-state index is 0.0281. The second-order valence-electron chi connectivity index (χ2n) is 8.44. The van der Waals surface area contributed by atoms with Crippen LogP contribution in [0.15, 0.2) is 53.5 Å². The van der Waals surface area contributed by atoms with Crippen LogP contribution in [-0.4, -0.2) is 42.3 Å². The first-order valence-electron chi connectivity index (χ1n) is 10.6. The lowest BCUT2D eigenvalue weighted by Gasteiger charge is -2.26. The van der Waals surface area contributed by atoms with Crippen LogP contribution in [0.5, 0.6) is 0 Å². The quantitative estimate of drug-likeness (QED) is 0.740. The van der Waals surface area contributed by atoms with Crippen molar-refractivity contribution in [2.24, 2.45) is 4.99 Å². The third-order valence-electron chi connectivity index (χ3n) is 6.09. The van der Waals surface area contributed by atoms with E-state index in [1.54, 1.807) is 0 Å². The maximum atomic E-state index is 12.6. The number of carbonyl (C=O) groups excluding carboxylic acids is 1. The number of rotatable bonds is 4. The van der Waals surface area contributed by atoms with Crippen LogP contribution in [0.3, 0.4) is 0 Å². The van der Waals surface area contributed by atoms with E-state index in [-0.39, 0.29) is 34.7 Å². The molecule has 2 aliphatic heterocycles. The van der Waals surface area contributed by atoms with Crippen molar-refractivity contribution in [2.45, 2.75) is 43.0 Å². The zero-order valence-electron chi connectivity index (χ0n) is 17.1. The van der Waals surface area contributed by atoms with Gasteiger partial charge in [-0.3, -0.25) is 9.79 Å². The average molecular weight is 456 g/mol. The van der Waals surface area contributed by atoms with Crippen molar-refractivity contribution in [3.05, 3.63) is 65.2 Å². The Bertz CT molecular complexity index is 1130. The fraction of sp³-hybridized carbons (Fsp3) is 0.391. The molecule has 0 unspecified atom stereocenters. The SMILES string of the molecule is O=C(Cc1ccc(NC2=N[C@@H]3CS(=O)(=O)C[C@H]3S2)cc1)N[C@@H]1CCCc2ccccc21. The van der Waals surface area contributed by atoms with Gasteiger partial charge in [0.1, 0.15) is 0 Å². The summed E-state index contributed by atoms with van der Waals surface area (Å²) in [7, 11) is -2.94. The van der Waals surface area contributed by atoms with Crippen LogP contribution in [0.1, 0.15) is 35.6 Å². The number of aliphatic imine (C=N–C) groups is 1. The number of nitrogens with one attached hydrogen (secondary N) is 2. The number of thioether (sulfide) groups is 1. The van der Waals surface area contributed by atoms with Crippen LogP contribution < -0.4 is 10.6 Å². The molecular formula is C23H25N3O3S2. The van der Waals surface area contributed by atoms with Crippen LogP contribution in [0.25, 0.3) is 0 Å². The molecule has 1 aliphatic carbocycles. The maximum Gasteiger partial charge on any atom is 0.224 e. The van der Waals surface area contributed by atoms with Gasteiger partial charge in [0.2, 0.25) is 5.91 Å². The molecule has 0 saturated carbocycles. The summed E-state index contributed by atoms with van der Waals surface area (Å²) in [4.78, 5) is 17.1. The molecule has 0 spiro atoms. The first-order chi connectivity index (χ1) is 14.9. The van der Waals surface area contributed by atoms with E-state index < -0.39 is 9.84 Å². The molecule has 0 aromatic heterocycles. The molecule has 31 heavy (non-hydrogen) atoms. The Morgan fingerprint density at radius 3 is 2.71 bits per heavy atom. The van der Waals surface area contributed by atoms with Crippen LogP contribution in [0, 0.1) is 0 Å². The van der Waals surface area contributed by atoms with Gasteiger partial charge in [-0.1, -0.05) is 48.2 Å². The summed E-state index contributed by atoms with van der Waals surface area (Å²) < 4.78 is 23.4. The summed E-state index contributed by atoms with van der Waals surface area (Å²) in [6.07, 6.45) is 3.50. The first kappa shape index (κ1) is 20.6. The van der Waals surface area contributed by atoms with E-state index in [1.807, 2.05) is 30.3 Å². The molecule has 5 rings (SSSR count). The zero-order valence-corrected chi connectivity index (χ0v) is 18.7. The molecule has 2 heterocycles. The zero-order chi connectivity index (χ0) is 21.4. The van der Waals surface area contributed by atoms with Crippen molar-refractivity contribution in [2.75, 3.05) is 16.8 Å². The Hall–Kier alpha value is -2.32. The molecule has 1 amide bonds. The van der Waals surface area contributed by atoms with Gasteiger partial charge in [-0.05, 0) is 48.1 Å². The summed E-state index contributed by atoms with van der Waals surface area (Å²) in [6.45, 7) is 0. The van der Waals surface area contributed by atoms with Gasteiger partial charge in [0.25, 0.3) is 0 Å². The third-order valence-corrected chi connectivity index (χ3v) is 9.23. The summed E-state index contributed by atoms with van der Waals surface area (Å²) in [5.74, 6) is 0.387. The van der Waals surface area contributed by atoms with Gasteiger partial charge in [0.15, 0.2) is 15.0 Å². The number of amides is 1. The predicted molar refractivity (Wildman–Crippen MR) is 125 cm³/mol. The number of hydrogen-bond acceptors (Lipinski definition) is 6. The van der Waals surface area contributed by atoms with Crippen molar-refractivity contribution in [3.63, 3.8) is 0 Å². The summed E-state index contributed by atoms with van der Waals surface area (Å²) in [5, 5.41) is 7.27. The van der Waals surface area contributed by atoms with Crippen LogP contribution in [0.2, 0.25) is 0 Å². The summed E-state index contributed by atoms with van der Waals surface area (Å²) >= 11 is 1.50. The molecule has 2 aromatic carbocycles. The number of nitrogens with zero attached hydrogens (tertiary/aromatic N) is 1. The predicted octanol–water partition coefficient (Wildman–Crippen LogP) is 3.10. The number of fused-ring (bicyclic) bond motifs is 2. The number of benzene rings is 2. The standard InChI is InChI=1S/C23H25N3O3S2/c27-22(25-19-7-3-5-16-4-1-2-6-18(16)19)12-15-8-10-17(11-9-15)24-23-26-20-13-31(28,29)14-21(20)30-23/h1-2,4,6,8-11,19-21H,3,5,7,12-14H2,(H,24,26)(H,25,27)/t19-,20-,21-/m1/s1. The lowest BCUT2D eigenvalue weighted by Crippen LogP contribution is -2.32. The molecule has 3 aliphatic rings. The smallest absolute Gasteiger partial charge is 0.224 e. The number of anilines is 1. The Morgan fingerprint density at radius 1 is 1.10 bits per heavy atom. The average Bonchev–Trinajstić information content (AvgIpc) is 3.22. The molecule has 1 fully saturated rings. The van der Waals surface area contributed by atoms with E-state index in [2.05, 4.69) is 33.8 Å². The number of hydrogen-bond donors (Lipinski definition) is 2. The molecule has 8 heteroatoms. The molecule has 162 valence electrons. The van der Waals surface area contributed by atoms with Crippen LogP contribution in [0.4, 0.5) is 5.69 Å². The van der Waals surface area contributed by atoms with Crippen molar-refractivity contribution in [3.8, 4) is 0 Å². The van der Waals surface area contributed by atoms with Gasteiger partial charge in [0.05, 0.1) is 30.0 Å². The third kappa shape index (κ3) is 4.65. The monoisotopic (exact) mass is 455 g/mol. The van der Waals surface area contributed by atoms with Crippen LogP contribution in [-0.2, 0) is 27.5 Å². The van der Waals surface area contributed by atoms with E-state index in [0.29, 0.717) is 6.42 Å². The number of carbonyl (C=O) groups is 1. The van der Waals surface area contributed by atoms with Crippen molar-refractivity contribution >= 4 is 38.4 Å². The van der Waals surface area contributed by atoms with E-state index in [9.17, 15) is 13.2 Å². The van der Waals surface area contributed by atoms with Gasteiger partial charge in [-0.15, -0.1) is 0 Å². The first-order valence-corrected chi connectivity index (χ1v) is 13.3. The molecule has 0 radical (unpaired) electrons. The fourth-order valence-corrected chi connectivity index (χ4v) is 8.26. The molecule has 0 bridgehead atoms. The molecule has 2 aromatic rings. The van der Waals surface area contributed by atoms with Gasteiger partial charge >= 0.3 is 0 Å². The topological polar surface area (TPSA) is 87.6 Å². The summed E-state index contributed by atoms with van der Waals surface area (Å²) in [6, 6.07) is 16.1. The van der Waals surface area contributed by atoms with E-state index in [4.69, 9.17) is 0 Å². The second kappa shape index (κ2) is 8.31. The molecular weight excluding hydrogens is 430 g/mol. The van der Waals surface area contributed by atoms with Crippen molar-refractivity contribution in [1.29, 1.82) is 0 Å². The minimum atomic E-state index is -2.94. The highest BCUT2D eigenvalue weighted by Gasteiger charge is 2.42. The Kier molecular flexibility index (Phi) is 5.52. The summed E-state index contributed by atoms with van der Waals surface area (Å²) in [5.41, 5.74) is 4.42. The second-order valence-corrected chi connectivity index (χ2v) is 11.8. The molecule has 3 atom stereocenters. The Morgan fingerprint density at radius 2 is 1.90 bits per heavy atom.